The van der Waals surface area contributed by atoms with Crippen molar-refractivity contribution in [2.75, 3.05) is 5.75 Å². The zero-order chi connectivity index (χ0) is 23.2. The second kappa shape index (κ2) is 8.80. The van der Waals surface area contributed by atoms with Gasteiger partial charge >= 0.3 is 6.03 Å². The topological polar surface area (TPSA) is 93.1 Å². The predicted octanol–water partition coefficient (Wildman–Crippen LogP) is 4.12. The Morgan fingerprint density at radius 1 is 1.21 bits per heavy atom. The third kappa shape index (κ3) is 4.55. The summed E-state index contributed by atoms with van der Waals surface area (Å²) in [6.45, 7) is 3.97. The Morgan fingerprint density at radius 3 is 2.52 bits per heavy atom. The lowest BCUT2D eigenvalue weighted by atomic mass is 9.53. The lowest BCUT2D eigenvalue weighted by molar-refractivity contribution is -0.117. The lowest BCUT2D eigenvalue weighted by Gasteiger charge is -2.56. The van der Waals surface area contributed by atoms with Gasteiger partial charge in [-0.1, -0.05) is 29.4 Å². The van der Waals surface area contributed by atoms with E-state index in [0.717, 1.165) is 31.0 Å². The van der Waals surface area contributed by atoms with E-state index in [-0.39, 0.29) is 23.4 Å². The summed E-state index contributed by atoms with van der Waals surface area (Å²) in [4.78, 5) is 42.6. The number of imide groups is 1. The van der Waals surface area contributed by atoms with E-state index >= 15 is 0 Å². The molecule has 4 fully saturated rings. The van der Waals surface area contributed by atoms with Crippen molar-refractivity contribution in [3.05, 3.63) is 46.2 Å². The van der Waals surface area contributed by atoms with Gasteiger partial charge in [0.25, 0.3) is 5.56 Å². The number of benzene rings is 1. The fraction of sp³-hybridized carbons (Fsp3) is 0.500. The zero-order valence-corrected chi connectivity index (χ0v) is 19.9. The number of halogens is 1. The van der Waals surface area contributed by atoms with Crippen molar-refractivity contribution >= 4 is 46.2 Å². The molecule has 3 amide bonds. The molecule has 4 saturated carbocycles. The lowest BCUT2D eigenvalue weighted by Crippen LogP contribution is -2.61. The molecule has 2 N–H and O–H groups in total. The van der Waals surface area contributed by atoms with Crippen LogP contribution in [0, 0.1) is 17.8 Å². The molecule has 1 aromatic carbocycles. The number of hydrogen-bond acceptors (Lipinski definition) is 5. The Balaban J connectivity index is 1.24. The number of rotatable bonds is 6. The summed E-state index contributed by atoms with van der Waals surface area (Å²) in [5.41, 5.74) is 0.0879. The maximum absolute atomic E-state index is 12.9. The molecule has 1 heterocycles. The SMILES string of the molecule is C=CCn1c(SCC(=O)NC(=O)NC23CC4CC(CC(C4)C2)C3)nc2cc(Cl)ccc2c1=O. The van der Waals surface area contributed by atoms with E-state index in [9.17, 15) is 14.4 Å². The van der Waals surface area contributed by atoms with Crippen molar-refractivity contribution in [2.24, 2.45) is 17.8 Å². The molecule has 1 aromatic heterocycles. The summed E-state index contributed by atoms with van der Waals surface area (Å²) >= 11 is 7.17. The Labute approximate surface area is 201 Å². The summed E-state index contributed by atoms with van der Waals surface area (Å²) in [7, 11) is 0. The van der Waals surface area contributed by atoms with Crippen molar-refractivity contribution in [1.82, 2.24) is 20.2 Å². The average Bonchev–Trinajstić information content (AvgIpc) is 2.73. The first-order chi connectivity index (χ1) is 15.8. The second-order valence-corrected chi connectivity index (χ2v) is 11.1. The molecule has 174 valence electrons. The molecule has 0 saturated heterocycles. The van der Waals surface area contributed by atoms with Gasteiger partial charge in [-0.3, -0.25) is 19.5 Å². The molecule has 6 rings (SSSR count). The minimum absolute atomic E-state index is 0.0377. The highest BCUT2D eigenvalue weighted by Crippen LogP contribution is 2.55. The van der Waals surface area contributed by atoms with Gasteiger partial charge in [0.05, 0.1) is 16.7 Å². The van der Waals surface area contributed by atoms with E-state index < -0.39 is 11.9 Å². The maximum atomic E-state index is 12.9. The smallest absolute Gasteiger partial charge is 0.321 e. The molecule has 4 aliphatic rings. The number of carbonyl (C=O) groups excluding carboxylic acids is 2. The zero-order valence-electron chi connectivity index (χ0n) is 18.3. The number of nitrogens with one attached hydrogen (secondary N) is 2. The number of hydrogen-bond donors (Lipinski definition) is 2. The van der Waals surface area contributed by atoms with Gasteiger partial charge in [0, 0.05) is 17.1 Å². The van der Waals surface area contributed by atoms with Crippen molar-refractivity contribution in [1.29, 1.82) is 0 Å². The number of thioether (sulfide) groups is 1. The van der Waals surface area contributed by atoms with Gasteiger partial charge in [0.2, 0.25) is 5.91 Å². The molecule has 0 radical (unpaired) electrons. The molecule has 0 aliphatic heterocycles. The molecule has 0 spiro atoms. The van der Waals surface area contributed by atoms with Crippen LogP contribution in [0.3, 0.4) is 0 Å². The van der Waals surface area contributed by atoms with Crippen LogP contribution in [0.5, 0.6) is 0 Å². The van der Waals surface area contributed by atoms with Gasteiger partial charge in [-0.2, -0.15) is 0 Å². The average molecular weight is 487 g/mol. The van der Waals surface area contributed by atoms with Crippen LogP contribution in [-0.2, 0) is 11.3 Å². The van der Waals surface area contributed by atoms with E-state index in [2.05, 4.69) is 22.2 Å². The standard InChI is InChI=1S/C24H27ClN4O3S/c1-2-5-29-21(31)18-4-3-17(25)9-19(18)26-23(29)33-13-20(30)27-22(32)28-24-10-14-6-15(11-24)8-16(7-14)12-24/h2-4,9,14-16H,1,5-8,10-13H2,(H2,27,28,30,32). The number of amides is 3. The summed E-state index contributed by atoms with van der Waals surface area (Å²) in [6.07, 6.45) is 8.53. The van der Waals surface area contributed by atoms with E-state index in [1.807, 2.05) is 0 Å². The van der Waals surface area contributed by atoms with Gasteiger partial charge in [0.15, 0.2) is 5.16 Å². The van der Waals surface area contributed by atoms with Crippen LogP contribution < -0.4 is 16.2 Å². The van der Waals surface area contributed by atoms with E-state index in [0.29, 0.717) is 38.8 Å². The van der Waals surface area contributed by atoms with E-state index in [1.165, 1.54) is 23.8 Å². The van der Waals surface area contributed by atoms with Crippen molar-refractivity contribution in [3.8, 4) is 0 Å². The van der Waals surface area contributed by atoms with Crippen molar-refractivity contribution in [2.45, 2.75) is 55.8 Å². The molecule has 0 unspecified atom stereocenters. The fourth-order valence-electron chi connectivity index (χ4n) is 6.40. The molecule has 33 heavy (non-hydrogen) atoms. The van der Waals surface area contributed by atoms with Crippen LogP contribution in [0.1, 0.15) is 38.5 Å². The number of aromatic nitrogens is 2. The molecular weight excluding hydrogens is 460 g/mol. The van der Waals surface area contributed by atoms with Crippen LogP contribution in [0.15, 0.2) is 40.8 Å². The van der Waals surface area contributed by atoms with Crippen molar-refractivity contribution < 1.29 is 9.59 Å². The Kier molecular flexibility index (Phi) is 5.99. The summed E-state index contributed by atoms with van der Waals surface area (Å²) in [6, 6.07) is 4.49. The summed E-state index contributed by atoms with van der Waals surface area (Å²) in [5, 5.41) is 6.92. The van der Waals surface area contributed by atoms with Gasteiger partial charge < -0.3 is 5.32 Å². The number of fused-ring (bicyclic) bond motifs is 1. The highest BCUT2D eigenvalue weighted by atomic mass is 35.5. The highest BCUT2D eigenvalue weighted by molar-refractivity contribution is 7.99. The van der Waals surface area contributed by atoms with Crippen LogP contribution in [0.2, 0.25) is 5.02 Å². The van der Waals surface area contributed by atoms with Crippen LogP contribution >= 0.6 is 23.4 Å². The summed E-state index contributed by atoms with van der Waals surface area (Å²) < 4.78 is 1.47. The molecule has 9 heteroatoms. The number of carbonyl (C=O) groups is 2. The first kappa shape index (κ1) is 22.5. The Hall–Kier alpha value is -2.32. The van der Waals surface area contributed by atoms with Gasteiger partial charge in [0.1, 0.15) is 0 Å². The van der Waals surface area contributed by atoms with Crippen molar-refractivity contribution in [3.63, 3.8) is 0 Å². The molecule has 0 atom stereocenters. The van der Waals surface area contributed by atoms with Crippen LogP contribution in [0.25, 0.3) is 10.9 Å². The van der Waals surface area contributed by atoms with Gasteiger partial charge in [-0.05, 0) is 74.5 Å². The summed E-state index contributed by atoms with van der Waals surface area (Å²) in [5.74, 6) is 1.66. The molecular formula is C24H27ClN4O3S. The number of nitrogens with zero attached hydrogens (tertiary/aromatic N) is 2. The quantitative estimate of drug-likeness (QED) is 0.364. The predicted molar refractivity (Wildman–Crippen MR) is 130 cm³/mol. The third-order valence-electron chi connectivity index (χ3n) is 7.20. The molecule has 7 nitrogen and oxygen atoms in total. The van der Waals surface area contributed by atoms with E-state index in [1.54, 1.807) is 24.3 Å². The highest BCUT2D eigenvalue weighted by Gasteiger charge is 2.51. The Morgan fingerprint density at radius 2 is 1.88 bits per heavy atom. The first-order valence-electron chi connectivity index (χ1n) is 11.4. The van der Waals surface area contributed by atoms with Crippen LogP contribution in [0.4, 0.5) is 4.79 Å². The molecule has 2 aromatic rings. The maximum Gasteiger partial charge on any atom is 0.321 e. The number of urea groups is 1. The second-order valence-electron chi connectivity index (χ2n) is 9.75. The van der Waals surface area contributed by atoms with Gasteiger partial charge in [-0.15, -0.1) is 6.58 Å². The molecule has 4 aliphatic carbocycles. The first-order valence-corrected chi connectivity index (χ1v) is 12.8. The monoisotopic (exact) mass is 486 g/mol. The van der Waals surface area contributed by atoms with Gasteiger partial charge in [-0.25, -0.2) is 9.78 Å². The largest absolute Gasteiger partial charge is 0.332 e. The normalized spacial score (nSPS) is 27.5. The van der Waals surface area contributed by atoms with E-state index in [4.69, 9.17) is 11.6 Å². The Bertz CT molecular complexity index is 1160. The van der Waals surface area contributed by atoms with Crippen LogP contribution in [-0.4, -0.2) is 32.8 Å². The minimum Gasteiger partial charge on any atom is -0.332 e. The minimum atomic E-state index is -0.427. The third-order valence-corrected chi connectivity index (χ3v) is 8.41. The molecule has 4 bridgehead atoms. The number of allylic oxidation sites excluding steroid dienone is 1. The fourth-order valence-corrected chi connectivity index (χ4v) is 7.38.